The van der Waals surface area contributed by atoms with Crippen LogP contribution in [0, 0.1) is 11.8 Å². The van der Waals surface area contributed by atoms with Crippen molar-refractivity contribution in [1.82, 2.24) is 4.90 Å². The smallest absolute Gasteiger partial charge is 0.223 e. The quantitative estimate of drug-likeness (QED) is 0.806. The van der Waals surface area contributed by atoms with Crippen LogP contribution >= 0.6 is 0 Å². The molecule has 0 aromatic carbocycles. The fourth-order valence-corrected chi connectivity index (χ4v) is 3.24. The molecule has 2 fully saturated rings. The van der Waals surface area contributed by atoms with Crippen LogP contribution in [0.4, 0.5) is 0 Å². The number of nitrogens with zero attached hydrogens (tertiary/aromatic N) is 1. The topological polar surface area (TPSA) is 55.6 Å². The maximum absolute atomic E-state index is 12.2. The summed E-state index contributed by atoms with van der Waals surface area (Å²) in [5.41, 5.74) is 5.69. The SMILES string of the molecule is CCOC1CC(CC(=O)N2CC(CN)CC2C)C1. The Morgan fingerprint density at radius 1 is 1.33 bits per heavy atom. The fraction of sp³-hybridized carbons (Fsp3) is 0.929. The lowest BCUT2D eigenvalue weighted by Crippen LogP contribution is -2.39. The number of ether oxygens (including phenoxy) is 1. The Labute approximate surface area is 110 Å². The second-order valence-corrected chi connectivity index (χ2v) is 5.85. The summed E-state index contributed by atoms with van der Waals surface area (Å²) in [6.07, 6.45) is 4.28. The minimum atomic E-state index is 0.318. The van der Waals surface area contributed by atoms with E-state index in [0.717, 1.165) is 32.4 Å². The van der Waals surface area contributed by atoms with Gasteiger partial charge in [0.2, 0.25) is 5.91 Å². The Hall–Kier alpha value is -0.610. The van der Waals surface area contributed by atoms with E-state index in [1.165, 1.54) is 0 Å². The zero-order valence-electron chi connectivity index (χ0n) is 11.6. The lowest BCUT2D eigenvalue weighted by atomic mass is 9.79. The van der Waals surface area contributed by atoms with E-state index in [9.17, 15) is 4.79 Å². The summed E-state index contributed by atoms with van der Waals surface area (Å²) in [4.78, 5) is 14.3. The summed E-state index contributed by atoms with van der Waals surface area (Å²) < 4.78 is 5.53. The molecule has 1 saturated heterocycles. The van der Waals surface area contributed by atoms with Gasteiger partial charge < -0.3 is 15.4 Å². The molecule has 4 heteroatoms. The van der Waals surface area contributed by atoms with Crippen molar-refractivity contribution in [2.45, 2.75) is 51.7 Å². The summed E-state index contributed by atoms with van der Waals surface area (Å²) in [7, 11) is 0. The average Bonchev–Trinajstić information content (AvgIpc) is 2.68. The summed E-state index contributed by atoms with van der Waals surface area (Å²) >= 11 is 0. The van der Waals surface area contributed by atoms with Crippen molar-refractivity contribution < 1.29 is 9.53 Å². The summed E-state index contributed by atoms with van der Waals surface area (Å²) in [5, 5.41) is 0. The number of hydrogen-bond donors (Lipinski definition) is 1. The molecule has 0 radical (unpaired) electrons. The number of rotatable bonds is 5. The molecule has 0 spiro atoms. The molecule has 4 nitrogen and oxygen atoms in total. The molecule has 18 heavy (non-hydrogen) atoms. The van der Waals surface area contributed by atoms with Gasteiger partial charge >= 0.3 is 0 Å². The zero-order chi connectivity index (χ0) is 13.1. The van der Waals surface area contributed by atoms with Crippen molar-refractivity contribution in [3.05, 3.63) is 0 Å². The number of carbonyl (C=O) groups is 1. The van der Waals surface area contributed by atoms with Gasteiger partial charge in [0.05, 0.1) is 6.10 Å². The number of carbonyl (C=O) groups excluding carboxylic acids is 1. The van der Waals surface area contributed by atoms with Crippen LogP contribution in [0.5, 0.6) is 0 Å². The van der Waals surface area contributed by atoms with E-state index in [1.54, 1.807) is 0 Å². The van der Waals surface area contributed by atoms with Crippen LogP contribution in [0.2, 0.25) is 0 Å². The molecular formula is C14H26N2O2. The molecule has 1 heterocycles. The molecule has 2 atom stereocenters. The van der Waals surface area contributed by atoms with Crippen LogP contribution in [-0.4, -0.2) is 42.6 Å². The van der Waals surface area contributed by atoms with E-state index in [-0.39, 0.29) is 0 Å². The van der Waals surface area contributed by atoms with Gasteiger partial charge in [-0.3, -0.25) is 4.79 Å². The average molecular weight is 254 g/mol. The molecular weight excluding hydrogens is 228 g/mol. The highest BCUT2D eigenvalue weighted by Crippen LogP contribution is 2.34. The van der Waals surface area contributed by atoms with E-state index in [1.807, 2.05) is 11.8 Å². The molecule has 2 unspecified atom stereocenters. The first-order chi connectivity index (χ1) is 8.63. The van der Waals surface area contributed by atoms with Gasteiger partial charge in [0.25, 0.3) is 0 Å². The highest BCUT2D eigenvalue weighted by molar-refractivity contribution is 5.77. The molecule has 1 aliphatic carbocycles. The number of hydrogen-bond acceptors (Lipinski definition) is 3. The Balaban J connectivity index is 1.73. The Bertz CT molecular complexity index is 290. The minimum Gasteiger partial charge on any atom is -0.378 e. The van der Waals surface area contributed by atoms with E-state index in [2.05, 4.69) is 6.92 Å². The van der Waals surface area contributed by atoms with Gasteiger partial charge in [-0.2, -0.15) is 0 Å². The maximum Gasteiger partial charge on any atom is 0.223 e. The molecule has 2 rings (SSSR count). The summed E-state index contributed by atoms with van der Waals surface area (Å²) in [5.74, 6) is 1.36. The Morgan fingerprint density at radius 3 is 2.61 bits per heavy atom. The minimum absolute atomic E-state index is 0.318. The molecule has 0 bridgehead atoms. The molecule has 2 aliphatic rings. The van der Waals surface area contributed by atoms with Crippen molar-refractivity contribution in [3.63, 3.8) is 0 Å². The predicted molar refractivity (Wildman–Crippen MR) is 71.1 cm³/mol. The van der Waals surface area contributed by atoms with Crippen LogP contribution in [-0.2, 0) is 9.53 Å². The monoisotopic (exact) mass is 254 g/mol. The van der Waals surface area contributed by atoms with E-state index >= 15 is 0 Å². The Kier molecular flexibility index (Phi) is 4.62. The zero-order valence-corrected chi connectivity index (χ0v) is 11.6. The first-order valence-electron chi connectivity index (χ1n) is 7.25. The van der Waals surface area contributed by atoms with Gasteiger partial charge in [0.1, 0.15) is 0 Å². The molecule has 1 saturated carbocycles. The Morgan fingerprint density at radius 2 is 2.06 bits per heavy atom. The number of nitrogens with two attached hydrogens (primary N) is 1. The summed E-state index contributed by atoms with van der Waals surface area (Å²) in [6.45, 7) is 6.50. The highest BCUT2D eigenvalue weighted by atomic mass is 16.5. The number of likely N-dealkylation sites (tertiary alicyclic amines) is 1. The van der Waals surface area contributed by atoms with Gasteiger partial charge in [-0.25, -0.2) is 0 Å². The van der Waals surface area contributed by atoms with Gasteiger partial charge in [-0.05, 0) is 51.5 Å². The lowest BCUT2D eigenvalue weighted by molar-refractivity contribution is -0.135. The van der Waals surface area contributed by atoms with Crippen LogP contribution < -0.4 is 5.73 Å². The standard InChI is InChI=1S/C14H26N2O2/c1-3-18-13-5-11(6-13)7-14(17)16-9-12(8-15)4-10(16)2/h10-13H,3-9,15H2,1-2H3. The van der Waals surface area contributed by atoms with Crippen molar-refractivity contribution in [2.24, 2.45) is 17.6 Å². The van der Waals surface area contributed by atoms with Crippen LogP contribution in [0.25, 0.3) is 0 Å². The third-order valence-corrected chi connectivity index (χ3v) is 4.37. The van der Waals surface area contributed by atoms with Crippen LogP contribution in [0.1, 0.15) is 39.5 Å². The molecule has 1 aliphatic heterocycles. The van der Waals surface area contributed by atoms with E-state index in [4.69, 9.17) is 10.5 Å². The van der Waals surface area contributed by atoms with Gasteiger partial charge in [-0.15, -0.1) is 0 Å². The third-order valence-electron chi connectivity index (χ3n) is 4.37. The summed E-state index contributed by atoms with van der Waals surface area (Å²) in [6, 6.07) is 0.369. The number of amides is 1. The maximum atomic E-state index is 12.2. The van der Waals surface area contributed by atoms with Crippen LogP contribution in [0.15, 0.2) is 0 Å². The largest absolute Gasteiger partial charge is 0.378 e. The van der Waals surface area contributed by atoms with Gasteiger partial charge in [-0.1, -0.05) is 0 Å². The molecule has 0 aromatic rings. The predicted octanol–water partition coefficient (Wildman–Crippen LogP) is 1.39. The van der Waals surface area contributed by atoms with Gasteiger partial charge in [0.15, 0.2) is 0 Å². The van der Waals surface area contributed by atoms with Crippen molar-refractivity contribution in [3.8, 4) is 0 Å². The van der Waals surface area contributed by atoms with Crippen molar-refractivity contribution in [1.29, 1.82) is 0 Å². The first-order valence-corrected chi connectivity index (χ1v) is 7.25. The molecule has 0 aromatic heterocycles. The van der Waals surface area contributed by atoms with Crippen molar-refractivity contribution >= 4 is 5.91 Å². The molecule has 2 N–H and O–H groups in total. The first kappa shape index (κ1) is 13.8. The third kappa shape index (κ3) is 3.04. The second kappa shape index (κ2) is 6.02. The van der Waals surface area contributed by atoms with E-state index in [0.29, 0.717) is 42.9 Å². The van der Waals surface area contributed by atoms with Gasteiger partial charge in [0, 0.05) is 25.6 Å². The van der Waals surface area contributed by atoms with E-state index < -0.39 is 0 Å². The fourth-order valence-electron chi connectivity index (χ4n) is 3.24. The second-order valence-electron chi connectivity index (χ2n) is 5.85. The lowest BCUT2D eigenvalue weighted by Gasteiger charge is -2.35. The molecule has 104 valence electrons. The highest BCUT2D eigenvalue weighted by Gasteiger charge is 2.36. The van der Waals surface area contributed by atoms with Crippen LogP contribution in [0.3, 0.4) is 0 Å². The normalized spacial score (nSPS) is 35.6. The van der Waals surface area contributed by atoms with Crippen molar-refractivity contribution in [2.75, 3.05) is 19.7 Å². The molecule has 1 amide bonds.